The molecule has 1 atom stereocenters. The van der Waals surface area contributed by atoms with Crippen LogP contribution in [0.5, 0.6) is 5.75 Å². The molecular weight excluding hydrogens is 318 g/mol. The molecule has 0 bridgehead atoms. The number of hydrogen-bond donors (Lipinski definition) is 1. The Hall–Kier alpha value is -3.08. The first-order valence-electron chi connectivity index (χ1n) is 7.89. The Labute approximate surface area is 147 Å². The summed E-state index contributed by atoms with van der Waals surface area (Å²) in [5.74, 6) is -0.499. The van der Waals surface area contributed by atoms with Crippen LogP contribution in [0.2, 0.25) is 0 Å². The van der Waals surface area contributed by atoms with Crippen molar-refractivity contribution in [3.63, 3.8) is 0 Å². The Morgan fingerprint density at radius 2 is 1.84 bits per heavy atom. The molecule has 2 aromatic carbocycles. The fourth-order valence-corrected chi connectivity index (χ4v) is 2.31. The molecule has 25 heavy (non-hydrogen) atoms. The molecule has 0 spiro atoms. The Morgan fingerprint density at radius 3 is 2.48 bits per heavy atom. The van der Waals surface area contributed by atoms with Crippen molar-refractivity contribution in [2.75, 3.05) is 12.4 Å². The zero-order chi connectivity index (χ0) is 18.2. The summed E-state index contributed by atoms with van der Waals surface area (Å²) in [7, 11) is 1.53. The van der Waals surface area contributed by atoms with Crippen LogP contribution in [-0.2, 0) is 14.3 Å². The average Bonchev–Trinajstić information content (AvgIpc) is 2.61. The summed E-state index contributed by atoms with van der Waals surface area (Å²) < 4.78 is 10.6. The van der Waals surface area contributed by atoms with E-state index in [1.807, 2.05) is 19.1 Å². The number of aryl methyl sites for hydroxylation is 1. The van der Waals surface area contributed by atoms with Gasteiger partial charge in [-0.05, 0) is 31.5 Å². The van der Waals surface area contributed by atoms with E-state index in [4.69, 9.17) is 9.47 Å². The molecule has 0 fully saturated rings. The number of anilines is 1. The Morgan fingerprint density at radius 1 is 1.12 bits per heavy atom. The van der Waals surface area contributed by atoms with Crippen molar-refractivity contribution in [3.8, 4) is 5.75 Å². The standard InChI is InChI=1S/C20H21NO4/c1-4-8-18(22)25-19(15-9-6-5-7-10-15)20(23)21-16-13-14(2)11-12-17(16)24-3/h4-13,19H,1-3H3,(H,21,23)/b8-4+/t19-/m1/s1. The molecule has 130 valence electrons. The van der Waals surface area contributed by atoms with Gasteiger partial charge < -0.3 is 14.8 Å². The topological polar surface area (TPSA) is 64.6 Å². The van der Waals surface area contributed by atoms with E-state index in [0.29, 0.717) is 17.0 Å². The second-order valence-electron chi connectivity index (χ2n) is 5.42. The van der Waals surface area contributed by atoms with Gasteiger partial charge in [-0.2, -0.15) is 0 Å². The molecule has 0 aliphatic rings. The van der Waals surface area contributed by atoms with E-state index < -0.39 is 18.0 Å². The van der Waals surface area contributed by atoms with E-state index in [-0.39, 0.29) is 0 Å². The van der Waals surface area contributed by atoms with Crippen LogP contribution in [0.1, 0.15) is 24.2 Å². The van der Waals surface area contributed by atoms with E-state index in [9.17, 15) is 9.59 Å². The first kappa shape index (κ1) is 18.3. The van der Waals surface area contributed by atoms with Gasteiger partial charge in [0.1, 0.15) is 5.75 Å². The van der Waals surface area contributed by atoms with Gasteiger partial charge in [0.05, 0.1) is 12.8 Å². The summed E-state index contributed by atoms with van der Waals surface area (Å²) in [6.45, 7) is 3.62. The summed E-state index contributed by atoms with van der Waals surface area (Å²) in [6, 6.07) is 14.3. The van der Waals surface area contributed by atoms with Crippen molar-refractivity contribution in [1.29, 1.82) is 0 Å². The molecule has 5 heteroatoms. The van der Waals surface area contributed by atoms with E-state index in [0.717, 1.165) is 5.56 Å². The molecule has 1 amide bonds. The van der Waals surface area contributed by atoms with Crippen LogP contribution >= 0.6 is 0 Å². The molecule has 0 unspecified atom stereocenters. The lowest BCUT2D eigenvalue weighted by Crippen LogP contribution is -2.25. The second kappa shape index (κ2) is 8.68. The van der Waals surface area contributed by atoms with Gasteiger partial charge in [0.15, 0.2) is 0 Å². The van der Waals surface area contributed by atoms with Gasteiger partial charge in [0, 0.05) is 11.6 Å². The lowest BCUT2D eigenvalue weighted by molar-refractivity contribution is -0.149. The number of benzene rings is 2. The van der Waals surface area contributed by atoms with E-state index in [1.165, 1.54) is 13.2 Å². The molecule has 5 nitrogen and oxygen atoms in total. The fourth-order valence-electron chi connectivity index (χ4n) is 2.31. The number of amides is 1. The van der Waals surface area contributed by atoms with Gasteiger partial charge in [0.2, 0.25) is 6.10 Å². The number of rotatable bonds is 6. The SMILES string of the molecule is C/C=C/C(=O)O[C@@H](C(=O)Nc1cc(C)ccc1OC)c1ccccc1. The normalized spacial score (nSPS) is 11.8. The minimum atomic E-state index is -1.06. The molecule has 0 saturated carbocycles. The highest BCUT2D eigenvalue weighted by atomic mass is 16.5. The van der Waals surface area contributed by atoms with Crippen LogP contribution < -0.4 is 10.1 Å². The molecule has 2 aromatic rings. The molecule has 0 aliphatic heterocycles. The highest BCUT2D eigenvalue weighted by molar-refractivity contribution is 5.98. The van der Waals surface area contributed by atoms with Crippen LogP contribution in [-0.4, -0.2) is 19.0 Å². The van der Waals surface area contributed by atoms with Crippen molar-refractivity contribution < 1.29 is 19.1 Å². The second-order valence-corrected chi connectivity index (χ2v) is 5.42. The molecule has 0 heterocycles. The average molecular weight is 339 g/mol. The van der Waals surface area contributed by atoms with Gasteiger partial charge in [-0.3, -0.25) is 4.79 Å². The monoisotopic (exact) mass is 339 g/mol. The fraction of sp³-hybridized carbons (Fsp3) is 0.200. The highest BCUT2D eigenvalue weighted by Gasteiger charge is 2.25. The predicted octanol–water partition coefficient (Wildman–Crippen LogP) is 3.80. The summed E-state index contributed by atoms with van der Waals surface area (Å²) in [4.78, 5) is 24.6. The number of ether oxygens (including phenoxy) is 2. The van der Waals surface area contributed by atoms with Crippen molar-refractivity contribution in [2.45, 2.75) is 20.0 Å². The van der Waals surface area contributed by atoms with Gasteiger partial charge >= 0.3 is 5.97 Å². The first-order valence-corrected chi connectivity index (χ1v) is 7.89. The van der Waals surface area contributed by atoms with Crippen LogP contribution in [0.3, 0.4) is 0 Å². The molecule has 0 aromatic heterocycles. The van der Waals surface area contributed by atoms with E-state index in [2.05, 4.69) is 5.32 Å². The zero-order valence-electron chi connectivity index (χ0n) is 14.5. The third kappa shape index (κ3) is 4.94. The third-order valence-corrected chi connectivity index (χ3v) is 3.49. The molecule has 0 radical (unpaired) electrons. The van der Waals surface area contributed by atoms with Crippen molar-refractivity contribution in [2.24, 2.45) is 0 Å². The van der Waals surface area contributed by atoms with Gasteiger partial charge in [-0.15, -0.1) is 0 Å². The van der Waals surface area contributed by atoms with Crippen molar-refractivity contribution in [1.82, 2.24) is 0 Å². The van der Waals surface area contributed by atoms with Crippen LogP contribution in [0.4, 0.5) is 5.69 Å². The molecule has 2 rings (SSSR count). The maximum absolute atomic E-state index is 12.8. The van der Waals surface area contributed by atoms with Crippen molar-refractivity contribution >= 4 is 17.6 Å². The quantitative estimate of drug-likeness (QED) is 0.642. The lowest BCUT2D eigenvalue weighted by Gasteiger charge is -2.18. The summed E-state index contributed by atoms with van der Waals surface area (Å²) in [6.07, 6.45) is 1.78. The molecule has 1 N–H and O–H groups in total. The molecule has 0 aliphatic carbocycles. The number of esters is 1. The largest absolute Gasteiger partial charge is 0.495 e. The number of allylic oxidation sites excluding steroid dienone is 1. The summed E-state index contributed by atoms with van der Waals surface area (Å²) >= 11 is 0. The van der Waals surface area contributed by atoms with Gasteiger partial charge in [0.25, 0.3) is 5.91 Å². The van der Waals surface area contributed by atoms with Crippen LogP contribution in [0, 0.1) is 6.92 Å². The molecular formula is C20H21NO4. The zero-order valence-corrected chi connectivity index (χ0v) is 14.5. The van der Waals surface area contributed by atoms with Crippen LogP contribution in [0.25, 0.3) is 0 Å². The van der Waals surface area contributed by atoms with E-state index >= 15 is 0 Å². The third-order valence-electron chi connectivity index (χ3n) is 3.49. The minimum absolute atomic E-state index is 0.451. The number of hydrogen-bond acceptors (Lipinski definition) is 4. The summed E-state index contributed by atoms with van der Waals surface area (Å²) in [5, 5.41) is 2.78. The maximum Gasteiger partial charge on any atom is 0.331 e. The number of carbonyl (C=O) groups excluding carboxylic acids is 2. The Kier molecular flexibility index (Phi) is 6.34. The van der Waals surface area contributed by atoms with Gasteiger partial charge in [-0.1, -0.05) is 42.5 Å². The Bertz CT molecular complexity index is 769. The lowest BCUT2D eigenvalue weighted by atomic mass is 10.1. The number of methoxy groups -OCH3 is 1. The van der Waals surface area contributed by atoms with Gasteiger partial charge in [-0.25, -0.2) is 4.79 Å². The first-order chi connectivity index (χ1) is 12.0. The Balaban J connectivity index is 2.29. The van der Waals surface area contributed by atoms with Crippen molar-refractivity contribution in [3.05, 3.63) is 71.8 Å². The number of nitrogens with one attached hydrogen (secondary N) is 1. The highest BCUT2D eigenvalue weighted by Crippen LogP contribution is 2.27. The number of carbonyl (C=O) groups is 2. The van der Waals surface area contributed by atoms with E-state index in [1.54, 1.807) is 49.4 Å². The molecule has 0 saturated heterocycles. The maximum atomic E-state index is 12.8. The predicted molar refractivity (Wildman–Crippen MR) is 96.4 cm³/mol. The van der Waals surface area contributed by atoms with Crippen LogP contribution in [0.15, 0.2) is 60.7 Å². The smallest absolute Gasteiger partial charge is 0.331 e. The summed E-state index contributed by atoms with van der Waals surface area (Å²) in [5.41, 5.74) is 2.08. The minimum Gasteiger partial charge on any atom is -0.495 e.